The van der Waals surface area contributed by atoms with Gasteiger partial charge in [-0.2, -0.15) is 0 Å². The Labute approximate surface area is 134 Å². The number of nitrogens with zero attached hydrogens (tertiary/aromatic N) is 1. The standard InChI is InChI=1S/C14H20N2O6S/c1-16(2)23(20,21)12-7-10(8-22-12)13(17)15-11-5-3-9(4-6-11)14(18)19/h7-9,11H,3-6H2,1-2H3,(H,15,17)(H,18,19). The minimum absolute atomic E-state index is 0.109. The Morgan fingerprint density at radius 3 is 2.39 bits per heavy atom. The van der Waals surface area contributed by atoms with Gasteiger partial charge < -0.3 is 14.8 Å². The number of carbonyl (C=O) groups excluding carboxylic acids is 1. The predicted molar refractivity (Wildman–Crippen MR) is 80.4 cm³/mol. The monoisotopic (exact) mass is 344 g/mol. The van der Waals surface area contributed by atoms with Crippen molar-refractivity contribution in [3.63, 3.8) is 0 Å². The van der Waals surface area contributed by atoms with Gasteiger partial charge in [0, 0.05) is 26.2 Å². The summed E-state index contributed by atoms with van der Waals surface area (Å²) in [5.74, 6) is -1.58. The van der Waals surface area contributed by atoms with Gasteiger partial charge in [0.1, 0.15) is 6.26 Å². The molecule has 0 radical (unpaired) electrons. The van der Waals surface area contributed by atoms with Crippen LogP contribution in [0.5, 0.6) is 0 Å². The maximum atomic E-state index is 12.1. The van der Waals surface area contributed by atoms with E-state index in [1.54, 1.807) is 0 Å². The smallest absolute Gasteiger partial charge is 0.306 e. The second-order valence-corrected chi connectivity index (χ2v) is 7.88. The summed E-state index contributed by atoms with van der Waals surface area (Å²) in [6.07, 6.45) is 3.32. The quantitative estimate of drug-likeness (QED) is 0.820. The first-order valence-corrected chi connectivity index (χ1v) is 8.70. The Bertz CT molecular complexity index is 686. The summed E-state index contributed by atoms with van der Waals surface area (Å²) in [7, 11) is -0.971. The van der Waals surface area contributed by atoms with Crippen molar-refractivity contribution in [1.29, 1.82) is 0 Å². The van der Waals surface area contributed by atoms with Crippen LogP contribution < -0.4 is 5.32 Å². The molecule has 1 fully saturated rings. The van der Waals surface area contributed by atoms with Gasteiger partial charge >= 0.3 is 5.97 Å². The first-order valence-electron chi connectivity index (χ1n) is 7.26. The second kappa shape index (κ2) is 6.71. The highest BCUT2D eigenvalue weighted by molar-refractivity contribution is 7.88. The molecular formula is C14H20N2O6S. The lowest BCUT2D eigenvalue weighted by atomic mass is 9.86. The molecule has 1 heterocycles. The molecule has 1 saturated carbocycles. The number of hydrogen-bond donors (Lipinski definition) is 2. The molecule has 1 amide bonds. The topological polar surface area (TPSA) is 117 Å². The lowest BCUT2D eigenvalue weighted by Crippen LogP contribution is -2.38. The molecule has 128 valence electrons. The van der Waals surface area contributed by atoms with Crippen molar-refractivity contribution < 1.29 is 27.5 Å². The number of sulfonamides is 1. The van der Waals surface area contributed by atoms with Crippen molar-refractivity contribution in [2.24, 2.45) is 5.92 Å². The minimum Gasteiger partial charge on any atom is -0.481 e. The predicted octanol–water partition coefficient (Wildman–Crippen LogP) is 0.903. The largest absolute Gasteiger partial charge is 0.481 e. The molecule has 23 heavy (non-hydrogen) atoms. The second-order valence-electron chi connectivity index (χ2n) is 5.80. The number of carbonyl (C=O) groups is 2. The molecule has 1 aliphatic rings. The average molecular weight is 344 g/mol. The Morgan fingerprint density at radius 1 is 1.26 bits per heavy atom. The summed E-state index contributed by atoms with van der Waals surface area (Å²) in [6, 6.07) is 1.08. The number of amides is 1. The number of hydrogen-bond acceptors (Lipinski definition) is 5. The molecule has 0 aromatic carbocycles. The van der Waals surface area contributed by atoms with E-state index >= 15 is 0 Å². The van der Waals surface area contributed by atoms with Gasteiger partial charge in [-0.15, -0.1) is 0 Å². The van der Waals surface area contributed by atoms with E-state index in [1.807, 2.05) is 0 Å². The summed E-state index contributed by atoms with van der Waals surface area (Å²) in [4.78, 5) is 23.0. The van der Waals surface area contributed by atoms with Gasteiger partial charge in [0.05, 0.1) is 11.5 Å². The van der Waals surface area contributed by atoms with Crippen LogP contribution in [0.2, 0.25) is 0 Å². The average Bonchev–Trinajstić information content (AvgIpc) is 2.98. The van der Waals surface area contributed by atoms with Crippen LogP contribution in [0.1, 0.15) is 36.0 Å². The molecule has 1 aliphatic carbocycles. The first kappa shape index (κ1) is 17.5. The molecule has 1 aromatic rings. The molecule has 0 saturated heterocycles. The normalized spacial score (nSPS) is 22.0. The number of nitrogens with one attached hydrogen (secondary N) is 1. The summed E-state index contributed by atoms with van der Waals surface area (Å²) in [5, 5.41) is 11.4. The van der Waals surface area contributed by atoms with Crippen LogP contribution in [-0.4, -0.2) is 49.8 Å². The fourth-order valence-electron chi connectivity index (χ4n) is 2.50. The van der Waals surface area contributed by atoms with E-state index in [2.05, 4.69) is 5.32 Å². The van der Waals surface area contributed by atoms with E-state index < -0.39 is 21.9 Å². The third kappa shape index (κ3) is 3.91. The van der Waals surface area contributed by atoms with Crippen molar-refractivity contribution in [2.75, 3.05) is 14.1 Å². The Morgan fingerprint density at radius 2 is 1.87 bits per heavy atom. The fourth-order valence-corrected chi connectivity index (χ4v) is 3.31. The third-order valence-corrected chi connectivity index (χ3v) is 5.67. The molecule has 8 nitrogen and oxygen atoms in total. The zero-order chi connectivity index (χ0) is 17.2. The van der Waals surface area contributed by atoms with Crippen molar-refractivity contribution in [2.45, 2.75) is 36.8 Å². The summed E-state index contributed by atoms with van der Waals surface area (Å²) in [6.45, 7) is 0. The van der Waals surface area contributed by atoms with Gasteiger partial charge in [-0.1, -0.05) is 0 Å². The molecule has 0 bridgehead atoms. The lowest BCUT2D eigenvalue weighted by Gasteiger charge is -2.26. The van der Waals surface area contributed by atoms with Gasteiger partial charge in [-0.05, 0) is 25.7 Å². The van der Waals surface area contributed by atoms with Crippen molar-refractivity contribution in [3.05, 3.63) is 17.9 Å². The van der Waals surface area contributed by atoms with Crippen LogP contribution in [0.4, 0.5) is 0 Å². The Hall–Kier alpha value is -1.87. The first-order chi connectivity index (χ1) is 10.7. The molecule has 0 atom stereocenters. The van der Waals surface area contributed by atoms with Crippen molar-refractivity contribution in [1.82, 2.24) is 9.62 Å². The third-order valence-electron chi connectivity index (χ3n) is 3.98. The van der Waals surface area contributed by atoms with E-state index in [-0.39, 0.29) is 22.6 Å². The summed E-state index contributed by atoms with van der Waals surface area (Å²) >= 11 is 0. The van der Waals surface area contributed by atoms with Gasteiger partial charge in [0.15, 0.2) is 0 Å². The van der Waals surface area contributed by atoms with Gasteiger partial charge in [-0.3, -0.25) is 9.59 Å². The lowest BCUT2D eigenvalue weighted by molar-refractivity contribution is -0.142. The Kier molecular flexibility index (Phi) is 5.10. The van der Waals surface area contributed by atoms with E-state index in [9.17, 15) is 18.0 Å². The maximum Gasteiger partial charge on any atom is 0.306 e. The van der Waals surface area contributed by atoms with Crippen LogP contribution >= 0.6 is 0 Å². The van der Waals surface area contributed by atoms with Crippen LogP contribution in [0.15, 0.2) is 21.8 Å². The van der Waals surface area contributed by atoms with Crippen LogP contribution in [-0.2, 0) is 14.8 Å². The van der Waals surface area contributed by atoms with Gasteiger partial charge in [0.25, 0.3) is 15.9 Å². The van der Waals surface area contributed by atoms with Crippen LogP contribution in [0.25, 0.3) is 0 Å². The van der Waals surface area contributed by atoms with Crippen molar-refractivity contribution in [3.8, 4) is 0 Å². The number of aliphatic carboxylic acids is 1. The Balaban J connectivity index is 1.98. The highest BCUT2D eigenvalue weighted by Crippen LogP contribution is 2.25. The number of carboxylic acid groups (broad SMARTS) is 1. The minimum atomic E-state index is -3.72. The molecule has 2 N–H and O–H groups in total. The zero-order valence-corrected chi connectivity index (χ0v) is 13.8. The molecular weight excluding hydrogens is 324 g/mol. The van der Waals surface area contributed by atoms with E-state index in [4.69, 9.17) is 9.52 Å². The molecule has 0 unspecified atom stereocenters. The van der Waals surface area contributed by atoms with E-state index in [0.717, 1.165) is 10.6 Å². The summed E-state index contributed by atoms with van der Waals surface area (Å²) in [5.41, 5.74) is 0.130. The number of carboxylic acids is 1. The van der Waals surface area contributed by atoms with E-state index in [1.165, 1.54) is 20.2 Å². The SMILES string of the molecule is CN(C)S(=O)(=O)c1cc(C(=O)NC2CCC(C(=O)O)CC2)co1. The van der Waals surface area contributed by atoms with Crippen LogP contribution in [0, 0.1) is 5.92 Å². The van der Waals surface area contributed by atoms with Gasteiger partial charge in [0.2, 0.25) is 5.09 Å². The molecule has 0 aliphatic heterocycles. The van der Waals surface area contributed by atoms with Crippen LogP contribution in [0.3, 0.4) is 0 Å². The highest BCUT2D eigenvalue weighted by atomic mass is 32.2. The molecule has 0 spiro atoms. The zero-order valence-electron chi connectivity index (χ0n) is 13.0. The fraction of sp³-hybridized carbons (Fsp3) is 0.571. The van der Waals surface area contributed by atoms with Gasteiger partial charge in [-0.25, -0.2) is 12.7 Å². The molecule has 1 aromatic heterocycles. The number of furan rings is 1. The molecule has 9 heteroatoms. The van der Waals surface area contributed by atoms with E-state index in [0.29, 0.717) is 25.7 Å². The maximum absolute atomic E-state index is 12.1. The highest BCUT2D eigenvalue weighted by Gasteiger charge is 2.28. The molecule has 2 rings (SSSR count). The van der Waals surface area contributed by atoms with Crippen molar-refractivity contribution >= 4 is 21.9 Å². The number of rotatable bonds is 5. The summed E-state index contributed by atoms with van der Waals surface area (Å²) < 4.78 is 29.8.